The Balaban J connectivity index is 2.18. The van der Waals surface area contributed by atoms with Crippen LogP contribution in [0.2, 0.25) is 0 Å². The van der Waals surface area contributed by atoms with E-state index in [4.69, 9.17) is 5.73 Å². The van der Waals surface area contributed by atoms with Crippen LogP contribution in [-0.4, -0.2) is 39.4 Å². The molecule has 1 atom stereocenters. The molecule has 2 aromatic rings. The van der Waals surface area contributed by atoms with Crippen LogP contribution >= 0.6 is 0 Å². The predicted octanol–water partition coefficient (Wildman–Crippen LogP) is 1.52. The third kappa shape index (κ3) is 3.51. The molecule has 0 fully saturated rings. The Labute approximate surface area is 116 Å². The zero-order valence-electron chi connectivity index (χ0n) is 11.1. The van der Waals surface area contributed by atoms with Crippen molar-refractivity contribution < 1.29 is 9.50 Å². The first-order chi connectivity index (χ1) is 9.74. The number of alkyl halides is 1. The summed E-state index contributed by atoms with van der Waals surface area (Å²) in [5.74, 6) is 0.640. The maximum Gasteiger partial charge on any atom is 0.222 e. The summed E-state index contributed by atoms with van der Waals surface area (Å²) in [6.07, 6.45) is 3.48. The summed E-state index contributed by atoms with van der Waals surface area (Å²) in [6.45, 7) is -0.409. The summed E-state index contributed by atoms with van der Waals surface area (Å²) in [5.41, 5.74) is 6.91. The smallest absolute Gasteiger partial charge is 0.222 e. The van der Waals surface area contributed by atoms with Gasteiger partial charge in [-0.15, -0.1) is 0 Å². The van der Waals surface area contributed by atoms with Gasteiger partial charge in [-0.25, -0.2) is 4.98 Å². The van der Waals surface area contributed by atoms with Gasteiger partial charge >= 0.3 is 0 Å². The van der Waals surface area contributed by atoms with Gasteiger partial charge in [-0.3, -0.25) is 9.37 Å². The largest absolute Gasteiger partial charge is 0.394 e. The van der Waals surface area contributed by atoms with Crippen molar-refractivity contribution in [1.29, 1.82) is 0 Å². The van der Waals surface area contributed by atoms with Crippen LogP contribution in [0.1, 0.15) is 19.3 Å². The number of aliphatic hydroxyl groups is 1. The molecule has 0 aromatic carbocycles. The van der Waals surface area contributed by atoms with Crippen LogP contribution in [-0.2, 0) is 0 Å². The third-order valence-electron chi connectivity index (χ3n) is 2.97. The summed E-state index contributed by atoms with van der Waals surface area (Å²) in [5, 5.41) is 12.5. The van der Waals surface area contributed by atoms with Gasteiger partial charge in [-0.05, 0) is 31.4 Å². The van der Waals surface area contributed by atoms with Gasteiger partial charge in [0.2, 0.25) is 5.95 Å². The molecule has 7 heteroatoms. The van der Waals surface area contributed by atoms with E-state index in [1.54, 1.807) is 18.3 Å². The lowest BCUT2D eigenvalue weighted by Crippen LogP contribution is -2.25. The van der Waals surface area contributed by atoms with E-state index in [1.165, 1.54) is 0 Å². The lowest BCUT2D eigenvalue weighted by Gasteiger charge is -2.17. The second kappa shape index (κ2) is 6.95. The maximum absolute atomic E-state index is 12.1. The molecule has 0 radical (unpaired) electrons. The van der Waals surface area contributed by atoms with Gasteiger partial charge in [-0.2, -0.15) is 4.98 Å². The molecule has 1 unspecified atom stereocenters. The molecule has 0 aliphatic heterocycles. The number of nitrogen functional groups attached to an aromatic ring is 1. The number of halogens is 1. The highest BCUT2D eigenvalue weighted by atomic mass is 19.1. The molecule has 6 nitrogen and oxygen atoms in total. The first kappa shape index (κ1) is 14.4. The fourth-order valence-electron chi connectivity index (χ4n) is 1.97. The molecule has 0 spiro atoms. The molecule has 0 saturated heterocycles. The van der Waals surface area contributed by atoms with Crippen molar-refractivity contribution in [2.45, 2.75) is 25.3 Å². The minimum absolute atomic E-state index is 0.0650. The number of hydrogen-bond acceptors (Lipinski definition) is 6. The van der Waals surface area contributed by atoms with E-state index >= 15 is 0 Å². The zero-order chi connectivity index (χ0) is 14.4. The van der Waals surface area contributed by atoms with Gasteiger partial charge in [0.25, 0.3) is 0 Å². The molecular formula is C13H18FN5O. The molecule has 2 rings (SSSR count). The Bertz CT molecular complexity index is 565. The van der Waals surface area contributed by atoms with E-state index < -0.39 is 0 Å². The SMILES string of the molecule is Nc1nc(NC(CO)CCCCF)c2ncccc2n1. The molecule has 0 saturated carbocycles. The van der Waals surface area contributed by atoms with E-state index in [0.29, 0.717) is 36.1 Å². The number of pyridine rings is 1. The van der Waals surface area contributed by atoms with Gasteiger partial charge in [-0.1, -0.05) is 0 Å². The number of nitrogens with two attached hydrogens (primary N) is 1. The normalized spacial score (nSPS) is 12.5. The fraction of sp³-hybridized carbons (Fsp3) is 0.462. The number of anilines is 2. The summed E-state index contributed by atoms with van der Waals surface area (Å²) >= 11 is 0. The number of aliphatic hydroxyl groups excluding tert-OH is 1. The molecule has 2 heterocycles. The quantitative estimate of drug-likeness (QED) is 0.665. The van der Waals surface area contributed by atoms with Crippen molar-refractivity contribution in [2.24, 2.45) is 0 Å². The van der Waals surface area contributed by atoms with Gasteiger partial charge in [0.15, 0.2) is 5.82 Å². The molecule has 0 aliphatic rings. The number of fused-ring (bicyclic) bond motifs is 1. The van der Waals surface area contributed by atoms with Crippen LogP contribution in [0.3, 0.4) is 0 Å². The molecule has 108 valence electrons. The van der Waals surface area contributed by atoms with Gasteiger partial charge in [0.1, 0.15) is 5.52 Å². The zero-order valence-corrected chi connectivity index (χ0v) is 11.1. The number of nitrogens with zero attached hydrogens (tertiary/aromatic N) is 3. The van der Waals surface area contributed by atoms with Crippen molar-refractivity contribution in [3.05, 3.63) is 18.3 Å². The van der Waals surface area contributed by atoms with Crippen LogP contribution in [0.5, 0.6) is 0 Å². The highest BCUT2D eigenvalue weighted by Crippen LogP contribution is 2.20. The first-order valence-corrected chi connectivity index (χ1v) is 6.56. The van der Waals surface area contributed by atoms with Crippen LogP contribution in [0, 0.1) is 0 Å². The second-order valence-corrected chi connectivity index (χ2v) is 4.51. The van der Waals surface area contributed by atoms with E-state index in [9.17, 15) is 9.50 Å². The summed E-state index contributed by atoms with van der Waals surface area (Å²) < 4.78 is 12.1. The highest BCUT2D eigenvalue weighted by Gasteiger charge is 2.12. The molecule has 20 heavy (non-hydrogen) atoms. The Hall–Kier alpha value is -2.02. The summed E-state index contributed by atoms with van der Waals surface area (Å²) in [6, 6.07) is 3.35. The number of rotatable bonds is 7. The Morgan fingerprint density at radius 2 is 2.20 bits per heavy atom. The Morgan fingerprint density at radius 1 is 1.35 bits per heavy atom. The van der Waals surface area contributed by atoms with Crippen molar-refractivity contribution in [1.82, 2.24) is 15.0 Å². The van der Waals surface area contributed by atoms with E-state index in [0.717, 1.165) is 0 Å². The van der Waals surface area contributed by atoms with Crippen molar-refractivity contribution in [3.63, 3.8) is 0 Å². The summed E-state index contributed by atoms with van der Waals surface area (Å²) in [4.78, 5) is 12.4. The van der Waals surface area contributed by atoms with Gasteiger partial charge < -0.3 is 16.2 Å². The standard InChI is InChI=1S/C13H18FN5O/c14-6-2-1-4-9(8-20)17-12-11-10(5-3-7-16-11)18-13(15)19-12/h3,5,7,9,20H,1-2,4,6,8H2,(H3,15,17,18,19). The van der Waals surface area contributed by atoms with Crippen molar-refractivity contribution in [3.8, 4) is 0 Å². The third-order valence-corrected chi connectivity index (χ3v) is 2.97. The average molecular weight is 279 g/mol. The highest BCUT2D eigenvalue weighted by molar-refractivity contribution is 5.85. The number of nitrogens with one attached hydrogen (secondary N) is 1. The fourth-order valence-corrected chi connectivity index (χ4v) is 1.97. The number of unbranched alkanes of at least 4 members (excludes halogenated alkanes) is 1. The van der Waals surface area contributed by atoms with Crippen LogP contribution in [0.25, 0.3) is 11.0 Å². The predicted molar refractivity (Wildman–Crippen MR) is 76.1 cm³/mol. The van der Waals surface area contributed by atoms with Crippen LogP contribution in [0.4, 0.5) is 16.2 Å². The lowest BCUT2D eigenvalue weighted by molar-refractivity contribution is 0.265. The number of aromatic nitrogens is 3. The van der Waals surface area contributed by atoms with E-state index in [-0.39, 0.29) is 25.3 Å². The average Bonchev–Trinajstić information content (AvgIpc) is 2.46. The van der Waals surface area contributed by atoms with Crippen molar-refractivity contribution in [2.75, 3.05) is 24.3 Å². The Kier molecular flexibility index (Phi) is 5.00. The van der Waals surface area contributed by atoms with E-state index in [2.05, 4.69) is 20.3 Å². The summed E-state index contributed by atoms with van der Waals surface area (Å²) in [7, 11) is 0. The minimum atomic E-state index is -0.344. The molecule has 0 aliphatic carbocycles. The van der Waals surface area contributed by atoms with Crippen LogP contribution < -0.4 is 11.1 Å². The topological polar surface area (TPSA) is 97.0 Å². The second-order valence-electron chi connectivity index (χ2n) is 4.51. The molecule has 0 amide bonds. The molecular weight excluding hydrogens is 261 g/mol. The molecule has 2 aromatic heterocycles. The van der Waals surface area contributed by atoms with E-state index in [1.807, 2.05) is 0 Å². The molecule has 4 N–H and O–H groups in total. The Morgan fingerprint density at radius 3 is 2.95 bits per heavy atom. The minimum Gasteiger partial charge on any atom is -0.394 e. The lowest BCUT2D eigenvalue weighted by atomic mass is 10.1. The first-order valence-electron chi connectivity index (χ1n) is 6.56. The number of hydrogen-bond donors (Lipinski definition) is 3. The van der Waals surface area contributed by atoms with Crippen molar-refractivity contribution >= 4 is 22.8 Å². The van der Waals surface area contributed by atoms with Gasteiger partial charge in [0.05, 0.1) is 24.8 Å². The monoisotopic (exact) mass is 279 g/mol. The maximum atomic E-state index is 12.1. The molecule has 0 bridgehead atoms. The van der Waals surface area contributed by atoms with Gasteiger partial charge in [0, 0.05) is 6.20 Å². The van der Waals surface area contributed by atoms with Crippen LogP contribution in [0.15, 0.2) is 18.3 Å².